The van der Waals surface area contributed by atoms with Crippen molar-refractivity contribution in [3.63, 3.8) is 0 Å². The van der Waals surface area contributed by atoms with Crippen molar-refractivity contribution in [1.29, 1.82) is 0 Å². The zero-order chi connectivity index (χ0) is 17.6. The second-order valence-electron chi connectivity index (χ2n) is 5.81. The lowest BCUT2D eigenvalue weighted by Crippen LogP contribution is -1.93. The molecular weight excluding hydrogens is 373 g/mol. The van der Waals surface area contributed by atoms with Gasteiger partial charge in [-0.3, -0.25) is 4.40 Å². The Hall–Kier alpha value is -2.14. The molecule has 0 saturated carbocycles. The number of hydrogen-bond donors (Lipinski definition) is 1. The van der Waals surface area contributed by atoms with Crippen LogP contribution in [-0.2, 0) is 0 Å². The van der Waals surface area contributed by atoms with Crippen LogP contribution in [0, 0.1) is 11.6 Å². The maximum atomic E-state index is 6.25. The Morgan fingerprint density at radius 2 is 1.76 bits per heavy atom. The van der Waals surface area contributed by atoms with Gasteiger partial charge in [-0.15, -0.1) is 0 Å². The van der Waals surface area contributed by atoms with Gasteiger partial charge in [0, 0.05) is 28.0 Å². The van der Waals surface area contributed by atoms with Crippen LogP contribution in [0.5, 0.6) is 0 Å². The van der Waals surface area contributed by atoms with E-state index in [0.29, 0.717) is 20.5 Å². The van der Waals surface area contributed by atoms with Gasteiger partial charge in [0.2, 0.25) is 5.78 Å². The number of fused-ring (bicyclic) bond motifs is 1. The molecule has 0 amide bonds. The lowest BCUT2D eigenvalue weighted by atomic mass is 10.1. The highest BCUT2D eigenvalue weighted by Crippen LogP contribution is 2.27. The quantitative estimate of drug-likeness (QED) is 0.408. The fourth-order valence-electron chi connectivity index (χ4n) is 2.70. The molecule has 2 aromatic carbocycles. The van der Waals surface area contributed by atoms with Gasteiger partial charge in [-0.25, -0.2) is 4.98 Å². The van der Waals surface area contributed by atoms with Gasteiger partial charge in [-0.1, -0.05) is 59.7 Å². The molecule has 0 unspecified atom stereocenters. The highest BCUT2D eigenvalue weighted by molar-refractivity contribution is 7.71. The minimum atomic E-state index is 0.682. The first-order valence-corrected chi connectivity index (χ1v) is 8.82. The van der Waals surface area contributed by atoms with Crippen LogP contribution in [0.1, 0.15) is 5.56 Å². The van der Waals surface area contributed by atoms with Crippen LogP contribution in [0.4, 0.5) is 0 Å². The number of nitrogens with zero attached hydrogens (tertiary/aromatic N) is 2. The van der Waals surface area contributed by atoms with Crippen molar-refractivity contribution in [3.05, 3.63) is 75.1 Å². The van der Waals surface area contributed by atoms with Crippen LogP contribution < -0.4 is 0 Å². The number of aromatic nitrogens is 3. The van der Waals surface area contributed by atoms with Crippen LogP contribution >= 0.6 is 35.4 Å². The van der Waals surface area contributed by atoms with Crippen LogP contribution in [0.15, 0.2) is 54.9 Å². The Bertz CT molecular complexity index is 1140. The van der Waals surface area contributed by atoms with Crippen LogP contribution in [-0.4, -0.2) is 14.4 Å². The summed E-state index contributed by atoms with van der Waals surface area (Å²) in [7, 11) is 0. The summed E-state index contributed by atoms with van der Waals surface area (Å²) in [5, 5.41) is 1.42. The van der Waals surface area contributed by atoms with Gasteiger partial charge < -0.3 is 4.98 Å². The summed E-state index contributed by atoms with van der Waals surface area (Å²) in [6, 6.07) is 13.5. The topological polar surface area (TPSA) is 33.1 Å². The zero-order valence-electron chi connectivity index (χ0n) is 13.3. The SMILES string of the molecule is Cc1ccc(-c2cnc3[nH]c(-c4ccc(Cl)cc4)cn3c2=S)cc1Cl. The normalized spacial score (nSPS) is 11.2. The number of nitrogens with one attached hydrogen (secondary N) is 1. The Labute approximate surface area is 159 Å². The lowest BCUT2D eigenvalue weighted by Gasteiger charge is -2.05. The van der Waals surface area contributed by atoms with E-state index < -0.39 is 0 Å². The molecule has 6 heteroatoms. The number of halogens is 2. The van der Waals surface area contributed by atoms with Crippen molar-refractivity contribution >= 4 is 41.2 Å². The van der Waals surface area contributed by atoms with E-state index in [4.69, 9.17) is 35.4 Å². The number of imidazole rings is 1. The van der Waals surface area contributed by atoms with Crippen molar-refractivity contribution < 1.29 is 0 Å². The summed E-state index contributed by atoms with van der Waals surface area (Å²) in [5.74, 6) is 0.692. The summed E-state index contributed by atoms with van der Waals surface area (Å²) < 4.78 is 2.56. The summed E-state index contributed by atoms with van der Waals surface area (Å²) in [4.78, 5) is 7.79. The molecule has 0 aliphatic heterocycles. The third-order valence-electron chi connectivity index (χ3n) is 4.14. The van der Waals surface area contributed by atoms with Crippen molar-refractivity contribution in [2.75, 3.05) is 0 Å². The standard InChI is InChI=1S/C19H13Cl2N3S/c1-11-2-3-13(8-16(11)21)15-9-22-19-23-17(10-24(19)18(15)25)12-4-6-14(20)7-5-12/h2-10H,1H3,(H,22,23). The molecule has 0 fully saturated rings. The molecule has 0 saturated heterocycles. The second-order valence-corrected chi connectivity index (χ2v) is 7.04. The van der Waals surface area contributed by atoms with Crippen molar-refractivity contribution in [1.82, 2.24) is 14.4 Å². The number of aromatic amines is 1. The summed E-state index contributed by atoms with van der Waals surface area (Å²) >= 11 is 17.9. The number of rotatable bonds is 2. The lowest BCUT2D eigenvalue weighted by molar-refractivity contribution is 1.09. The maximum Gasteiger partial charge on any atom is 0.212 e. The number of benzene rings is 2. The summed E-state index contributed by atoms with van der Waals surface area (Å²) in [6.07, 6.45) is 3.73. The molecular formula is C19H13Cl2N3S. The van der Waals surface area contributed by atoms with E-state index in [1.54, 1.807) is 6.20 Å². The first-order valence-electron chi connectivity index (χ1n) is 7.66. The largest absolute Gasteiger partial charge is 0.323 e. The number of aryl methyl sites for hydroxylation is 1. The van der Waals surface area contributed by atoms with E-state index in [1.807, 2.05) is 60.0 Å². The molecule has 0 bridgehead atoms. The third kappa shape index (κ3) is 2.97. The molecule has 3 nitrogen and oxygen atoms in total. The van der Waals surface area contributed by atoms with E-state index in [-0.39, 0.29) is 0 Å². The Morgan fingerprint density at radius 1 is 1.04 bits per heavy atom. The molecule has 0 spiro atoms. The first-order chi connectivity index (χ1) is 12.0. The minimum Gasteiger partial charge on any atom is -0.323 e. The highest BCUT2D eigenvalue weighted by atomic mass is 35.5. The molecule has 25 heavy (non-hydrogen) atoms. The molecule has 4 aromatic rings. The number of hydrogen-bond acceptors (Lipinski definition) is 2. The fourth-order valence-corrected chi connectivity index (χ4v) is 3.31. The molecule has 1 N–H and O–H groups in total. The smallest absolute Gasteiger partial charge is 0.212 e. The average Bonchev–Trinajstić information content (AvgIpc) is 3.04. The molecule has 0 aliphatic rings. The highest BCUT2D eigenvalue weighted by Gasteiger charge is 2.09. The van der Waals surface area contributed by atoms with Crippen molar-refractivity contribution in [3.8, 4) is 22.4 Å². The molecule has 2 heterocycles. The minimum absolute atomic E-state index is 0.682. The molecule has 0 aliphatic carbocycles. The average molecular weight is 386 g/mol. The van der Waals surface area contributed by atoms with Gasteiger partial charge in [0.15, 0.2) is 0 Å². The van der Waals surface area contributed by atoms with E-state index in [9.17, 15) is 0 Å². The molecule has 0 atom stereocenters. The molecule has 124 valence electrons. The monoisotopic (exact) mass is 385 g/mol. The molecule has 2 aromatic heterocycles. The van der Waals surface area contributed by atoms with E-state index in [1.165, 1.54) is 0 Å². The molecule has 4 rings (SSSR count). The Kier molecular flexibility index (Phi) is 4.12. The third-order valence-corrected chi connectivity index (χ3v) is 5.21. The summed E-state index contributed by atoms with van der Waals surface area (Å²) in [5.41, 5.74) is 4.80. The first kappa shape index (κ1) is 16.3. The fraction of sp³-hybridized carbons (Fsp3) is 0.0526. The van der Waals surface area contributed by atoms with E-state index in [0.717, 1.165) is 27.9 Å². The van der Waals surface area contributed by atoms with Crippen LogP contribution in [0.2, 0.25) is 10.0 Å². The molecule has 0 radical (unpaired) electrons. The van der Waals surface area contributed by atoms with E-state index in [2.05, 4.69) is 9.97 Å². The van der Waals surface area contributed by atoms with Crippen LogP contribution in [0.25, 0.3) is 28.2 Å². The van der Waals surface area contributed by atoms with Gasteiger partial charge in [-0.05, 0) is 41.8 Å². The zero-order valence-corrected chi connectivity index (χ0v) is 15.6. The van der Waals surface area contributed by atoms with Gasteiger partial charge in [0.05, 0.1) is 5.69 Å². The Morgan fingerprint density at radius 3 is 2.48 bits per heavy atom. The summed E-state index contributed by atoms with van der Waals surface area (Å²) in [6.45, 7) is 1.97. The predicted octanol–water partition coefficient (Wildman–Crippen LogP) is 6.34. The van der Waals surface area contributed by atoms with Crippen molar-refractivity contribution in [2.45, 2.75) is 6.92 Å². The van der Waals surface area contributed by atoms with Gasteiger partial charge in [0.25, 0.3) is 0 Å². The van der Waals surface area contributed by atoms with Gasteiger partial charge in [0.1, 0.15) is 4.64 Å². The Balaban J connectivity index is 1.86. The predicted molar refractivity (Wildman–Crippen MR) is 106 cm³/mol. The van der Waals surface area contributed by atoms with Crippen molar-refractivity contribution in [2.24, 2.45) is 0 Å². The maximum absolute atomic E-state index is 6.25. The number of H-pyrrole nitrogens is 1. The van der Waals surface area contributed by atoms with Gasteiger partial charge >= 0.3 is 0 Å². The second kappa shape index (κ2) is 6.30. The van der Waals surface area contributed by atoms with E-state index >= 15 is 0 Å². The van der Waals surface area contributed by atoms with Crippen LogP contribution in [0.3, 0.4) is 0 Å². The van der Waals surface area contributed by atoms with Gasteiger partial charge in [-0.2, -0.15) is 0 Å².